The Balaban J connectivity index is 1.25. The van der Waals surface area contributed by atoms with E-state index in [1.54, 1.807) is 43.3 Å². The van der Waals surface area contributed by atoms with Gasteiger partial charge in [0.15, 0.2) is 0 Å². The third-order valence-corrected chi connectivity index (χ3v) is 8.49. The standard InChI is InChI=1S/C28H26Cl2N2O5/c1-15-11-17(7-8-19(15)27(34)35)32-18-9-10-28(12-18,13-23(32)33)36-14-20-25(31-37-26(20)16-5-6-16)24-21(29)3-2-4-22(24)30/h2-4,7-8,11,16,18H,5-6,9-10,12-14H2,1H3,(H,34,35)/t18-,28?/m0/s1. The molecule has 3 fully saturated rings. The van der Waals surface area contributed by atoms with Crippen molar-refractivity contribution < 1.29 is 24.0 Å². The van der Waals surface area contributed by atoms with Gasteiger partial charge in [0.2, 0.25) is 5.91 Å². The molecule has 1 saturated heterocycles. The molecule has 2 atom stereocenters. The fraction of sp³-hybridized carbons (Fsp3) is 0.393. The Morgan fingerprint density at radius 3 is 2.65 bits per heavy atom. The molecule has 192 valence electrons. The van der Waals surface area contributed by atoms with Crippen LogP contribution in [0.5, 0.6) is 0 Å². The number of carbonyl (C=O) groups is 2. The molecule has 6 rings (SSSR count). The molecule has 2 saturated carbocycles. The Bertz CT molecular complexity index is 1400. The Hall–Kier alpha value is -2.87. The van der Waals surface area contributed by atoms with Crippen LogP contribution < -0.4 is 4.90 Å². The van der Waals surface area contributed by atoms with Crippen LogP contribution in [0.2, 0.25) is 10.0 Å². The number of piperidine rings is 1. The molecule has 9 heteroatoms. The van der Waals surface area contributed by atoms with Gasteiger partial charge in [-0.15, -0.1) is 0 Å². The third kappa shape index (κ3) is 4.33. The van der Waals surface area contributed by atoms with Crippen LogP contribution in [0.15, 0.2) is 40.9 Å². The summed E-state index contributed by atoms with van der Waals surface area (Å²) in [6, 6.07) is 10.4. The molecule has 7 nitrogen and oxygen atoms in total. The van der Waals surface area contributed by atoms with E-state index in [-0.39, 0.29) is 30.5 Å². The van der Waals surface area contributed by atoms with Crippen LogP contribution in [0.3, 0.4) is 0 Å². The maximum Gasteiger partial charge on any atom is 0.335 e. The summed E-state index contributed by atoms with van der Waals surface area (Å²) in [5.41, 5.74) is 3.13. The van der Waals surface area contributed by atoms with Crippen molar-refractivity contribution in [2.75, 3.05) is 4.90 Å². The summed E-state index contributed by atoms with van der Waals surface area (Å²) in [5.74, 6) is 0.141. The van der Waals surface area contributed by atoms with Crippen molar-refractivity contribution in [3.8, 4) is 11.3 Å². The second-order valence-electron chi connectivity index (χ2n) is 10.4. The first-order valence-electron chi connectivity index (χ1n) is 12.5. The zero-order valence-corrected chi connectivity index (χ0v) is 21.8. The normalized spacial score (nSPS) is 23.1. The number of fused-ring (bicyclic) bond motifs is 2. The number of amides is 1. The number of hydrogen-bond donors (Lipinski definition) is 1. The van der Waals surface area contributed by atoms with Gasteiger partial charge < -0.3 is 19.3 Å². The van der Waals surface area contributed by atoms with Gasteiger partial charge in [0.05, 0.1) is 34.2 Å². The van der Waals surface area contributed by atoms with Crippen molar-refractivity contribution in [3.63, 3.8) is 0 Å². The van der Waals surface area contributed by atoms with Crippen molar-refractivity contribution in [2.24, 2.45) is 0 Å². The number of rotatable bonds is 7. The minimum Gasteiger partial charge on any atom is -0.478 e. The molecule has 2 aliphatic carbocycles. The number of hydrogen-bond acceptors (Lipinski definition) is 5. The fourth-order valence-electron chi connectivity index (χ4n) is 5.86. The van der Waals surface area contributed by atoms with E-state index in [2.05, 4.69) is 5.16 Å². The van der Waals surface area contributed by atoms with Crippen LogP contribution in [-0.2, 0) is 16.1 Å². The van der Waals surface area contributed by atoms with E-state index in [1.165, 1.54) is 0 Å². The van der Waals surface area contributed by atoms with E-state index in [4.69, 9.17) is 32.5 Å². The smallest absolute Gasteiger partial charge is 0.335 e. The first-order chi connectivity index (χ1) is 17.8. The predicted molar refractivity (Wildman–Crippen MR) is 139 cm³/mol. The summed E-state index contributed by atoms with van der Waals surface area (Å²) in [6.45, 7) is 2.02. The summed E-state index contributed by atoms with van der Waals surface area (Å²) < 4.78 is 12.4. The monoisotopic (exact) mass is 540 g/mol. The summed E-state index contributed by atoms with van der Waals surface area (Å²) >= 11 is 13.0. The van der Waals surface area contributed by atoms with Gasteiger partial charge in [-0.25, -0.2) is 4.79 Å². The summed E-state index contributed by atoms with van der Waals surface area (Å²) in [6.07, 6.45) is 4.63. The van der Waals surface area contributed by atoms with Crippen LogP contribution in [0.1, 0.15) is 71.7 Å². The number of anilines is 1. The van der Waals surface area contributed by atoms with Crippen molar-refractivity contribution in [1.29, 1.82) is 0 Å². The van der Waals surface area contributed by atoms with Gasteiger partial charge in [-0.05, 0) is 74.9 Å². The molecule has 1 aromatic heterocycles. The van der Waals surface area contributed by atoms with Gasteiger partial charge in [-0.1, -0.05) is 34.4 Å². The zero-order chi connectivity index (χ0) is 25.9. The average molecular weight is 541 g/mol. The second-order valence-corrected chi connectivity index (χ2v) is 11.2. The van der Waals surface area contributed by atoms with Crippen molar-refractivity contribution >= 4 is 40.8 Å². The Morgan fingerprint density at radius 2 is 1.97 bits per heavy atom. The number of ether oxygens (including phenoxy) is 1. The van der Waals surface area contributed by atoms with E-state index >= 15 is 0 Å². The number of aromatic nitrogens is 1. The first-order valence-corrected chi connectivity index (χ1v) is 13.2. The second kappa shape index (κ2) is 9.15. The molecule has 1 N–H and O–H groups in total. The fourth-order valence-corrected chi connectivity index (χ4v) is 6.43. The predicted octanol–water partition coefficient (Wildman–Crippen LogP) is 6.78. The average Bonchev–Trinajstić information content (AvgIpc) is 3.52. The first kappa shape index (κ1) is 24.5. The SMILES string of the molecule is Cc1cc(N2C(=O)CC3(OCc4c(-c5c(Cl)cccc5Cl)noc4C4CC4)CC[C@H]2C3)ccc1C(=O)O. The highest BCUT2D eigenvalue weighted by Crippen LogP contribution is 2.49. The van der Waals surface area contributed by atoms with Crippen LogP contribution in [0.4, 0.5) is 5.69 Å². The molecule has 3 aromatic rings. The summed E-state index contributed by atoms with van der Waals surface area (Å²) in [7, 11) is 0. The number of benzene rings is 2. The highest BCUT2D eigenvalue weighted by molar-refractivity contribution is 6.39. The van der Waals surface area contributed by atoms with Crippen molar-refractivity contribution in [2.45, 2.75) is 69.6 Å². The van der Waals surface area contributed by atoms with Gasteiger partial charge in [0.25, 0.3) is 0 Å². The number of carboxylic acid groups (broad SMARTS) is 1. The van der Waals surface area contributed by atoms with Gasteiger partial charge in [0, 0.05) is 28.8 Å². The number of aromatic carboxylic acids is 1. The van der Waals surface area contributed by atoms with Crippen LogP contribution in [0.25, 0.3) is 11.3 Å². The van der Waals surface area contributed by atoms with Crippen LogP contribution in [0, 0.1) is 6.92 Å². The third-order valence-electron chi connectivity index (χ3n) is 7.86. The number of aryl methyl sites for hydroxylation is 1. The van der Waals surface area contributed by atoms with E-state index in [0.29, 0.717) is 39.2 Å². The van der Waals surface area contributed by atoms with Crippen molar-refractivity contribution in [1.82, 2.24) is 5.16 Å². The molecular weight excluding hydrogens is 515 g/mol. The lowest BCUT2D eigenvalue weighted by Crippen LogP contribution is -2.49. The van der Waals surface area contributed by atoms with E-state index in [0.717, 1.165) is 42.7 Å². The van der Waals surface area contributed by atoms with Gasteiger partial charge >= 0.3 is 5.97 Å². The highest BCUT2D eigenvalue weighted by atomic mass is 35.5. The lowest BCUT2D eigenvalue weighted by molar-refractivity contribution is -0.131. The minimum atomic E-state index is -0.973. The molecule has 2 heterocycles. The van der Waals surface area contributed by atoms with Gasteiger partial charge in [-0.3, -0.25) is 4.79 Å². The number of carbonyl (C=O) groups excluding carboxylic acids is 1. The lowest BCUT2D eigenvalue weighted by atomic mass is 9.91. The maximum absolute atomic E-state index is 13.4. The quantitative estimate of drug-likeness (QED) is 0.355. The Kier molecular flexibility index (Phi) is 6.05. The van der Waals surface area contributed by atoms with Crippen molar-refractivity contribution in [3.05, 3.63) is 68.9 Å². The molecule has 1 amide bonds. The molecule has 3 aliphatic rings. The number of halogens is 2. The number of nitrogens with zero attached hydrogens (tertiary/aromatic N) is 2. The molecule has 37 heavy (non-hydrogen) atoms. The lowest BCUT2D eigenvalue weighted by Gasteiger charge is -2.39. The van der Waals surface area contributed by atoms with Crippen LogP contribution in [-0.4, -0.2) is 33.8 Å². The molecule has 1 aliphatic heterocycles. The highest BCUT2D eigenvalue weighted by Gasteiger charge is 2.51. The largest absolute Gasteiger partial charge is 0.478 e. The van der Waals surface area contributed by atoms with Gasteiger partial charge in [-0.2, -0.15) is 0 Å². The molecule has 2 bridgehead atoms. The Morgan fingerprint density at radius 1 is 1.22 bits per heavy atom. The molecule has 0 radical (unpaired) electrons. The molecule has 2 aromatic carbocycles. The minimum absolute atomic E-state index is 0.000752. The van der Waals surface area contributed by atoms with E-state index < -0.39 is 11.6 Å². The maximum atomic E-state index is 13.4. The van der Waals surface area contributed by atoms with E-state index in [1.807, 2.05) is 4.90 Å². The van der Waals surface area contributed by atoms with Crippen LogP contribution >= 0.6 is 23.2 Å². The topological polar surface area (TPSA) is 92.9 Å². The summed E-state index contributed by atoms with van der Waals surface area (Å²) in [4.78, 5) is 26.6. The molecule has 0 spiro atoms. The van der Waals surface area contributed by atoms with Gasteiger partial charge in [0.1, 0.15) is 11.5 Å². The number of carboxylic acids is 1. The molecular formula is C28H26Cl2N2O5. The van der Waals surface area contributed by atoms with E-state index in [9.17, 15) is 14.7 Å². The molecule has 1 unspecified atom stereocenters. The zero-order valence-electron chi connectivity index (χ0n) is 20.3. The Labute approximate surface area is 224 Å². The summed E-state index contributed by atoms with van der Waals surface area (Å²) in [5, 5.41) is 14.7.